The largest absolute Gasteiger partial charge is 0.497 e. The SMILES string of the molecule is CCC(c1ccc(F)cc1)n1cc(-c2cccc(B3OC(C)(C)C(C)(C)O3)c2F)cn1. The molecule has 0 aliphatic carbocycles. The molecule has 0 saturated carbocycles. The molecule has 0 N–H and O–H groups in total. The van der Waals surface area contributed by atoms with Crippen molar-refractivity contribution in [2.75, 3.05) is 0 Å². The van der Waals surface area contributed by atoms with Crippen molar-refractivity contribution in [3.05, 3.63) is 72.1 Å². The number of hydrogen-bond donors (Lipinski definition) is 0. The molecule has 0 bridgehead atoms. The molecule has 1 aliphatic rings. The van der Waals surface area contributed by atoms with Crippen LogP contribution < -0.4 is 5.46 Å². The molecule has 1 unspecified atom stereocenters. The molecule has 2 aromatic carbocycles. The number of benzene rings is 2. The van der Waals surface area contributed by atoms with Gasteiger partial charge in [-0.25, -0.2) is 8.78 Å². The Morgan fingerprint density at radius 1 is 1.00 bits per heavy atom. The quantitative estimate of drug-likeness (QED) is 0.533. The average Bonchev–Trinajstić information content (AvgIpc) is 3.26. The van der Waals surface area contributed by atoms with Crippen LogP contribution in [0.4, 0.5) is 8.78 Å². The summed E-state index contributed by atoms with van der Waals surface area (Å²) < 4.78 is 42.7. The zero-order chi connectivity index (χ0) is 22.4. The monoisotopic (exact) mass is 424 g/mol. The van der Waals surface area contributed by atoms with Crippen molar-refractivity contribution in [2.45, 2.75) is 58.3 Å². The van der Waals surface area contributed by atoms with Gasteiger partial charge in [0.1, 0.15) is 11.6 Å². The van der Waals surface area contributed by atoms with Crippen molar-refractivity contribution < 1.29 is 18.1 Å². The lowest BCUT2D eigenvalue weighted by Gasteiger charge is -2.32. The molecular formula is C24H27BF2N2O2. The second-order valence-electron chi connectivity index (χ2n) is 8.98. The second kappa shape index (κ2) is 7.88. The van der Waals surface area contributed by atoms with Gasteiger partial charge in [-0.1, -0.05) is 37.3 Å². The minimum atomic E-state index is -0.775. The highest BCUT2D eigenvalue weighted by molar-refractivity contribution is 6.62. The average molecular weight is 424 g/mol. The summed E-state index contributed by atoms with van der Waals surface area (Å²) in [4.78, 5) is 0. The van der Waals surface area contributed by atoms with E-state index >= 15 is 4.39 Å². The highest BCUT2D eigenvalue weighted by atomic mass is 19.1. The molecule has 1 saturated heterocycles. The third kappa shape index (κ3) is 3.92. The lowest BCUT2D eigenvalue weighted by molar-refractivity contribution is 0.00578. The van der Waals surface area contributed by atoms with E-state index in [9.17, 15) is 4.39 Å². The van der Waals surface area contributed by atoms with E-state index in [1.165, 1.54) is 12.1 Å². The molecule has 4 rings (SSSR count). The number of halogens is 2. The molecule has 4 nitrogen and oxygen atoms in total. The van der Waals surface area contributed by atoms with Crippen molar-refractivity contribution in [1.82, 2.24) is 9.78 Å². The lowest BCUT2D eigenvalue weighted by atomic mass is 9.77. The van der Waals surface area contributed by atoms with Crippen molar-refractivity contribution >= 4 is 12.6 Å². The Bertz CT molecular complexity index is 1060. The first-order chi connectivity index (χ1) is 14.6. The lowest BCUT2D eigenvalue weighted by Crippen LogP contribution is -2.41. The van der Waals surface area contributed by atoms with Crippen LogP contribution in [0.2, 0.25) is 0 Å². The molecular weight excluding hydrogens is 397 g/mol. The molecule has 162 valence electrons. The van der Waals surface area contributed by atoms with Crippen molar-refractivity contribution in [2.24, 2.45) is 0 Å². The summed E-state index contributed by atoms with van der Waals surface area (Å²) in [5, 5.41) is 4.47. The first kappa shape index (κ1) is 21.7. The maximum Gasteiger partial charge on any atom is 0.497 e. The van der Waals surface area contributed by atoms with Crippen molar-refractivity contribution in [3.8, 4) is 11.1 Å². The summed E-state index contributed by atoms with van der Waals surface area (Å²) >= 11 is 0. The summed E-state index contributed by atoms with van der Waals surface area (Å²) in [6.45, 7) is 9.81. The molecule has 1 atom stereocenters. The van der Waals surface area contributed by atoms with Gasteiger partial charge in [0, 0.05) is 22.8 Å². The van der Waals surface area contributed by atoms with Crippen LogP contribution in [0.15, 0.2) is 54.9 Å². The molecule has 1 fully saturated rings. The molecule has 31 heavy (non-hydrogen) atoms. The maximum absolute atomic E-state index is 15.5. The summed E-state index contributed by atoms with van der Waals surface area (Å²) in [5.74, 6) is -0.656. The molecule has 7 heteroatoms. The Morgan fingerprint density at radius 3 is 2.26 bits per heavy atom. The third-order valence-corrected chi connectivity index (χ3v) is 6.41. The summed E-state index contributed by atoms with van der Waals surface area (Å²) in [6, 6.07) is 11.5. The second-order valence-corrected chi connectivity index (χ2v) is 8.98. The van der Waals surface area contributed by atoms with E-state index < -0.39 is 18.3 Å². The van der Waals surface area contributed by atoms with Crippen LogP contribution in [0.25, 0.3) is 11.1 Å². The van der Waals surface area contributed by atoms with Crippen molar-refractivity contribution in [1.29, 1.82) is 0 Å². The van der Waals surface area contributed by atoms with Crippen LogP contribution in [0.5, 0.6) is 0 Å². The number of rotatable bonds is 5. The van der Waals surface area contributed by atoms with Crippen LogP contribution in [0.3, 0.4) is 0 Å². The smallest absolute Gasteiger partial charge is 0.399 e. The molecule has 0 amide bonds. The van der Waals surface area contributed by atoms with Gasteiger partial charge >= 0.3 is 7.12 Å². The molecule has 2 heterocycles. The Kier molecular flexibility index (Phi) is 5.52. The van der Waals surface area contributed by atoms with Gasteiger partial charge in [0.05, 0.1) is 23.4 Å². The van der Waals surface area contributed by atoms with Crippen LogP contribution in [0, 0.1) is 11.6 Å². The van der Waals surface area contributed by atoms with E-state index in [1.807, 2.05) is 40.8 Å². The van der Waals surface area contributed by atoms with Gasteiger partial charge in [-0.3, -0.25) is 4.68 Å². The van der Waals surface area contributed by atoms with Gasteiger partial charge in [0.2, 0.25) is 0 Å². The van der Waals surface area contributed by atoms with E-state index in [1.54, 1.807) is 41.2 Å². The van der Waals surface area contributed by atoms with Crippen molar-refractivity contribution in [3.63, 3.8) is 0 Å². The number of nitrogens with zero attached hydrogens (tertiary/aromatic N) is 2. The van der Waals surface area contributed by atoms with Gasteiger partial charge in [-0.15, -0.1) is 0 Å². The summed E-state index contributed by atoms with van der Waals surface area (Å²) in [5.41, 5.74) is 1.33. The fraction of sp³-hybridized carbons (Fsp3) is 0.375. The maximum atomic E-state index is 15.5. The standard InChI is InChI=1S/C24H27BF2N2O2/c1-6-21(16-10-12-18(26)13-11-16)29-15-17(14-28-29)19-8-7-9-20(22(19)27)25-30-23(2,3)24(4,5)31-25/h7-15,21H,6H2,1-5H3. The highest BCUT2D eigenvalue weighted by Gasteiger charge is 2.52. The van der Waals surface area contributed by atoms with Crippen LogP contribution in [-0.2, 0) is 9.31 Å². The Morgan fingerprint density at radius 2 is 1.65 bits per heavy atom. The predicted molar refractivity (Wildman–Crippen MR) is 118 cm³/mol. The minimum absolute atomic E-state index is 0.0660. The van der Waals surface area contributed by atoms with Gasteiger partial charge in [-0.2, -0.15) is 5.10 Å². The Labute approximate surface area is 182 Å². The molecule has 1 aromatic heterocycles. The number of aromatic nitrogens is 2. The van der Waals surface area contributed by atoms with E-state index in [0.29, 0.717) is 16.6 Å². The van der Waals surface area contributed by atoms with E-state index in [0.717, 1.165) is 12.0 Å². The highest BCUT2D eigenvalue weighted by Crippen LogP contribution is 2.37. The van der Waals surface area contributed by atoms with Gasteiger partial charge in [-0.05, 0) is 51.8 Å². The topological polar surface area (TPSA) is 36.3 Å². The van der Waals surface area contributed by atoms with Crippen LogP contribution >= 0.6 is 0 Å². The summed E-state index contributed by atoms with van der Waals surface area (Å²) in [7, 11) is -0.775. The minimum Gasteiger partial charge on any atom is -0.399 e. The molecule has 3 aromatic rings. The zero-order valence-electron chi connectivity index (χ0n) is 18.5. The fourth-order valence-electron chi connectivity index (χ4n) is 3.83. The fourth-order valence-corrected chi connectivity index (χ4v) is 3.83. The Hall–Kier alpha value is -2.51. The van der Waals surface area contributed by atoms with Crippen LogP contribution in [-0.4, -0.2) is 28.1 Å². The summed E-state index contributed by atoms with van der Waals surface area (Å²) in [6.07, 6.45) is 4.24. The number of hydrogen-bond acceptors (Lipinski definition) is 3. The molecule has 0 radical (unpaired) electrons. The van der Waals surface area contributed by atoms with E-state index in [-0.39, 0.29) is 17.7 Å². The first-order valence-corrected chi connectivity index (χ1v) is 10.6. The molecule has 0 spiro atoms. The van der Waals surface area contributed by atoms with Gasteiger partial charge in [0.15, 0.2) is 0 Å². The zero-order valence-corrected chi connectivity index (χ0v) is 18.5. The van der Waals surface area contributed by atoms with E-state index in [2.05, 4.69) is 5.10 Å². The predicted octanol–water partition coefficient (Wildman–Crippen LogP) is 5.13. The van der Waals surface area contributed by atoms with Gasteiger partial charge < -0.3 is 9.31 Å². The van der Waals surface area contributed by atoms with E-state index in [4.69, 9.17) is 9.31 Å². The third-order valence-electron chi connectivity index (χ3n) is 6.41. The Balaban J connectivity index is 1.65. The molecule has 1 aliphatic heterocycles. The first-order valence-electron chi connectivity index (χ1n) is 10.6. The van der Waals surface area contributed by atoms with Gasteiger partial charge in [0.25, 0.3) is 0 Å². The van der Waals surface area contributed by atoms with Crippen LogP contribution in [0.1, 0.15) is 52.6 Å². The normalized spacial score (nSPS) is 18.4.